The van der Waals surface area contributed by atoms with Gasteiger partial charge in [0.25, 0.3) is 0 Å². The monoisotopic (exact) mass is 218 g/mol. The van der Waals surface area contributed by atoms with E-state index < -0.39 is 0 Å². The molecule has 1 aromatic rings. The average Bonchev–Trinajstić information content (AvgIpc) is 3.14. The van der Waals surface area contributed by atoms with E-state index in [4.69, 9.17) is 5.73 Å². The fraction of sp³-hybridized carbons (Fsp3) is 0.571. The van der Waals surface area contributed by atoms with Crippen molar-refractivity contribution < 1.29 is 0 Å². The standard InChI is InChI=1S/C14H22N2/c1-2-14(12-6-4-3-5-7-12)16(11-10-15)13-8-9-13/h3-7,13-14H,2,8-11,15H2,1H3. The molecule has 0 radical (unpaired) electrons. The van der Waals surface area contributed by atoms with Crippen LogP contribution in [0, 0.1) is 0 Å². The Morgan fingerprint density at radius 1 is 1.31 bits per heavy atom. The Hall–Kier alpha value is -0.860. The number of nitrogens with two attached hydrogens (primary N) is 1. The Kier molecular flexibility index (Phi) is 3.97. The predicted molar refractivity (Wildman–Crippen MR) is 68.3 cm³/mol. The van der Waals surface area contributed by atoms with Crippen molar-refractivity contribution in [1.82, 2.24) is 4.90 Å². The van der Waals surface area contributed by atoms with Crippen molar-refractivity contribution in [3.63, 3.8) is 0 Å². The number of benzene rings is 1. The zero-order chi connectivity index (χ0) is 11.4. The number of nitrogens with zero attached hydrogens (tertiary/aromatic N) is 1. The first-order chi connectivity index (χ1) is 7.86. The molecule has 0 heterocycles. The molecule has 1 aliphatic rings. The van der Waals surface area contributed by atoms with E-state index in [1.54, 1.807) is 0 Å². The molecule has 1 fully saturated rings. The average molecular weight is 218 g/mol. The maximum atomic E-state index is 5.72. The van der Waals surface area contributed by atoms with Gasteiger partial charge in [0.05, 0.1) is 0 Å². The van der Waals surface area contributed by atoms with Crippen LogP contribution in [0.25, 0.3) is 0 Å². The van der Waals surface area contributed by atoms with Gasteiger partial charge < -0.3 is 5.73 Å². The number of hydrogen-bond acceptors (Lipinski definition) is 2. The van der Waals surface area contributed by atoms with Crippen molar-refractivity contribution >= 4 is 0 Å². The predicted octanol–water partition coefficient (Wildman–Crippen LogP) is 2.56. The lowest BCUT2D eigenvalue weighted by Gasteiger charge is -2.31. The molecule has 1 aliphatic carbocycles. The van der Waals surface area contributed by atoms with E-state index in [0.717, 1.165) is 19.1 Å². The quantitative estimate of drug-likeness (QED) is 0.795. The van der Waals surface area contributed by atoms with Gasteiger partial charge in [-0.05, 0) is 24.8 Å². The first-order valence-corrected chi connectivity index (χ1v) is 6.37. The third kappa shape index (κ3) is 2.63. The van der Waals surface area contributed by atoms with E-state index >= 15 is 0 Å². The van der Waals surface area contributed by atoms with Gasteiger partial charge in [0.1, 0.15) is 0 Å². The third-order valence-electron chi connectivity index (χ3n) is 3.37. The van der Waals surface area contributed by atoms with Crippen LogP contribution in [0.5, 0.6) is 0 Å². The molecule has 0 aromatic heterocycles. The number of hydrogen-bond donors (Lipinski definition) is 1. The van der Waals surface area contributed by atoms with E-state index in [0.29, 0.717) is 6.04 Å². The van der Waals surface area contributed by atoms with E-state index in [-0.39, 0.29) is 0 Å². The van der Waals surface area contributed by atoms with E-state index in [1.807, 2.05) is 0 Å². The van der Waals surface area contributed by atoms with Gasteiger partial charge in [-0.2, -0.15) is 0 Å². The van der Waals surface area contributed by atoms with Crippen molar-refractivity contribution in [3.05, 3.63) is 35.9 Å². The summed E-state index contributed by atoms with van der Waals surface area (Å²) >= 11 is 0. The summed E-state index contributed by atoms with van der Waals surface area (Å²) in [5.74, 6) is 0. The van der Waals surface area contributed by atoms with Crippen molar-refractivity contribution in [2.45, 2.75) is 38.3 Å². The molecule has 0 bridgehead atoms. The molecule has 1 saturated carbocycles. The highest BCUT2D eigenvalue weighted by Gasteiger charge is 2.33. The smallest absolute Gasteiger partial charge is 0.0348 e. The first kappa shape index (κ1) is 11.6. The van der Waals surface area contributed by atoms with Crippen molar-refractivity contribution in [2.24, 2.45) is 5.73 Å². The molecule has 2 nitrogen and oxygen atoms in total. The molecule has 0 aliphatic heterocycles. The van der Waals surface area contributed by atoms with Gasteiger partial charge in [-0.15, -0.1) is 0 Å². The topological polar surface area (TPSA) is 29.3 Å². The van der Waals surface area contributed by atoms with Crippen LogP contribution >= 0.6 is 0 Å². The lowest BCUT2D eigenvalue weighted by atomic mass is 10.0. The summed E-state index contributed by atoms with van der Waals surface area (Å²) in [5.41, 5.74) is 7.16. The second kappa shape index (κ2) is 5.46. The minimum absolute atomic E-state index is 0.553. The number of rotatable bonds is 6. The molecular formula is C14H22N2. The zero-order valence-electron chi connectivity index (χ0n) is 10.1. The molecule has 16 heavy (non-hydrogen) atoms. The molecule has 0 saturated heterocycles. The molecule has 1 atom stereocenters. The van der Waals surface area contributed by atoms with Crippen molar-refractivity contribution in [3.8, 4) is 0 Å². The van der Waals surface area contributed by atoms with Crippen LogP contribution in [0.1, 0.15) is 37.8 Å². The van der Waals surface area contributed by atoms with Crippen LogP contribution < -0.4 is 5.73 Å². The maximum absolute atomic E-state index is 5.72. The molecule has 2 N–H and O–H groups in total. The Bertz CT molecular complexity index is 306. The Morgan fingerprint density at radius 2 is 2.00 bits per heavy atom. The van der Waals surface area contributed by atoms with Gasteiger partial charge in [-0.3, -0.25) is 4.90 Å². The van der Waals surface area contributed by atoms with Gasteiger partial charge in [-0.1, -0.05) is 37.3 Å². The summed E-state index contributed by atoms with van der Waals surface area (Å²) in [6.07, 6.45) is 3.87. The van der Waals surface area contributed by atoms with E-state index in [9.17, 15) is 0 Å². The molecule has 0 amide bonds. The summed E-state index contributed by atoms with van der Waals surface area (Å²) in [5, 5.41) is 0. The van der Waals surface area contributed by atoms with Gasteiger partial charge in [-0.25, -0.2) is 0 Å². The highest BCUT2D eigenvalue weighted by Crippen LogP contribution is 2.35. The molecule has 2 rings (SSSR count). The Morgan fingerprint density at radius 3 is 2.50 bits per heavy atom. The fourth-order valence-electron chi connectivity index (χ4n) is 2.49. The summed E-state index contributed by atoms with van der Waals surface area (Å²) < 4.78 is 0. The molecule has 1 aromatic carbocycles. The van der Waals surface area contributed by atoms with E-state index in [1.165, 1.54) is 24.8 Å². The van der Waals surface area contributed by atoms with Gasteiger partial charge in [0.2, 0.25) is 0 Å². The first-order valence-electron chi connectivity index (χ1n) is 6.37. The largest absolute Gasteiger partial charge is 0.329 e. The second-order valence-corrected chi connectivity index (χ2v) is 4.59. The lowest BCUT2D eigenvalue weighted by molar-refractivity contribution is 0.187. The fourth-order valence-corrected chi connectivity index (χ4v) is 2.49. The van der Waals surface area contributed by atoms with Gasteiger partial charge >= 0.3 is 0 Å². The van der Waals surface area contributed by atoms with Crippen LogP contribution in [0.3, 0.4) is 0 Å². The Balaban J connectivity index is 2.13. The molecular weight excluding hydrogens is 196 g/mol. The summed E-state index contributed by atoms with van der Waals surface area (Å²) in [7, 11) is 0. The highest BCUT2D eigenvalue weighted by molar-refractivity contribution is 5.19. The highest BCUT2D eigenvalue weighted by atomic mass is 15.2. The summed E-state index contributed by atoms with van der Waals surface area (Å²) in [4.78, 5) is 2.59. The summed E-state index contributed by atoms with van der Waals surface area (Å²) in [6, 6.07) is 12.2. The SMILES string of the molecule is CCC(c1ccccc1)N(CCN)C1CC1. The van der Waals surface area contributed by atoms with Gasteiger partial charge in [0.15, 0.2) is 0 Å². The van der Waals surface area contributed by atoms with Crippen molar-refractivity contribution in [1.29, 1.82) is 0 Å². The lowest BCUT2D eigenvalue weighted by Crippen LogP contribution is -2.35. The molecule has 0 spiro atoms. The van der Waals surface area contributed by atoms with Gasteiger partial charge in [0, 0.05) is 25.2 Å². The minimum atomic E-state index is 0.553. The van der Waals surface area contributed by atoms with Crippen LogP contribution in [0.2, 0.25) is 0 Å². The van der Waals surface area contributed by atoms with Crippen LogP contribution in [0.4, 0.5) is 0 Å². The Labute approximate surface area is 98.4 Å². The van der Waals surface area contributed by atoms with Crippen molar-refractivity contribution in [2.75, 3.05) is 13.1 Å². The molecule has 2 heteroatoms. The second-order valence-electron chi connectivity index (χ2n) is 4.59. The minimum Gasteiger partial charge on any atom is -0.329 e. The van der Waals surface area contributed by atoms with Crippen LogP contribution in [-0.4, -0.2) is 24.0 Å². The summed E-state index contributed by atoms with van der Waals surface area (Å²) in [6.45, 7) is 4.06. The molecule has 88 valence electrons. The van der Waals surface area contributed by atoms with E-state index in [2.05, 4.69) is 42.2 Å². The molecule has 1 unspecified atom stereocenters. The normalized spacial score (nSPS) is 17.7. The zero-order valence-corrected chi connectivity index (χ0v) is 10.1. The van der Waals surface area contributed by atoms with Crippen LogP contribution in [0.15, 0.2) is 30.3 Å². The van der Waals surface area contributed by atoms with Crippen LogP contribution in [-0.2, 0) is 0 Å². The third-order valence-corrected chi connectivity index (χ3v) is 3.37. The maximum Gasteiger partial charge on any atom is 0.0348 e.